The van der Waals surface area contributed by atoms with Crippen LogP contribution in [0, 0.1) is 0 Å². The van der Waals surface area contributed by atoms with Gasteiger partial charge in [-0.2, -0.15) is 0 Å². The Morgan fingerprint density at radius 2 is 1.80 bits per heavy atom. The molecule has 1 heterocycles. The summed E-state index contributed by atoms with van der Waals surface area (Å²) in [6, 6.07) is 8.50. The normalized spacial score (nSPS) is 17.2. The van der Waals surface area contributed by atoms with Crippen LogP contribution in [0.1, 0.15) is 11.1 Å². The second kappa shape index (κ2) is 7.69. The fourth-order valence-corrected chi connectivity index (χ4v) is 2.78. The molecule has 1 aromatic carbocycles. The average Bonchev–Trinajstić information content (AvgIpc) is 2.41. The van der Waals surface area contributed by atoms with Crippen LogP contribution in [0.25, 0.3) is 0 Å². The van der Waals surface area contributed by atoms with Crippen molar-refractivity contribution in [3.05, 3.63) is 35.4 Å². The fourth-order valence-electron chi connectivity index (χ4n) is 2.61. The van der Waals surface area contributed by atoms with Crippen molar-refractivity contribution in [3.8, 4) is 0 Å². The predicted molar refractivity (Wildman–Crippen MR) is 85.7 cm³/mol. The summed E-state index contributed by atoms with van der Waals surface area (Å²) in [5, 5.41) is 8.95. The maximum Gasteiger partial charge on any atom is 0.0771 e. The number of hydrogen-bond acceptors (Lipinski definition) is 4. The Balaban J connectivity index is 1.86. The maximum absolute atomic E-state index is 8.95. The smallest absolute Gasteiger partial charge is 0.0771 e. The average molecular weight is 293 g/mol. The lowest BCUT2D eigenvalue weighted by atomic mass is 10.1. The minimum absolute atomic E-state index is 0.251. The van der Waals surface area contributed by atoms with Gasteiger partial charge in [0.1, 0.15) is 0 Å². The molecule has 1 aromatic rings. The highest BCUT2D eigenvalue weighted by Crippen LogP contribution is 2.11. The Bertz CT molecular complexity index is 444. The zero-order valence-corrected chi connectivity index (χ0v) is 12.6. The molecule has 3 N–H and O–H groups in total. The lowest BCUT2D eigenvalue weighted by Gasteiger charge is -2.34. The molecule has 0 aromatic heterocycles. The van der Waals surface area contributed by atoms with Crippen LogP contribution in [-0.2, 0) is 13.0 Å². The number of β-amino-alcohol motifs (C(OH)–C–C–N with tert-alkyl or cyclic N) is 1. The fraction of sp³-hybridized carbons (Fsp3) is 0.533. The SMILES string of the molecule is NC(=S)Cc1cccc(CN2CCN(CCO)CC2)c1. The first-order valence-electron chi connectivity index (χ1n) is 7.09. The van der Waals surface area contributed by atoms with Gasteiger partial charge < -0.3 is 10.8 Å². The van der Waals surface area contributed by atoms with Crippen LogP contribution in [0.4, 0.5) is 0 Å². The third-order valence-electron chi connectivity index (χ3n) is 3.66. The summed E-state index contributed by atoms with van der Waals surface area (Å²) in [6.07, 6.45) is 0.674. The van der Waals surface area contributed by atoms with Gasteiger partial charge >= 0.3 is 0 Å². The Hall–Kier alpha value is -1.01. The van der Waals surface area contributed by atoms with E-state index in [0.29, 0.717) is 11.4 Å². The van der Waals surface area contributed by atoms with E-state index in [4.69, 9.17) is 23.1 Å². The first-order valence-corrected chi connectivity index (χ1v) is 7.50. The number of benzene rings is 1. The Morgan fingerprint density at radius 3 is 2.45 bits per heavy atom. The third-order valence-corrected chi connectivity index (χ3v) is 3.80. The van der Waals surface area contributed by atoms with Gasteiger partial charge in [-0.25, -0.2) is 0 Å². The number of aliphatic hydroxyl groups excluding tert-OH is 1. The number of thiocarbonyl (C=S) groups is 1. The van der Waals surface area contributed by atoms with Crippen molar-refractivity contribution >= 4 is 17.2 Å². The van der Waals surface area contributed by atoms with E-state index in [0.717, 1.165) is 39.3 Å². The molecule has 0 aliphatic carbocycles. The lowest BCUT2D eigenvalue weighted by Crippen LogP contribution is -2.46. The zero-order valence-electron chi connectivity index (χ0n) is 11.8. The van der Waals surface area contributed by atoms with E-state index in [1.165, 1.54) is 11.1 Å². The second-order valence-corrected chi connectivity index (χ2v) is 5.83. The van der Waals surface area contributed by atoms with Gasteiger partial charge in [-0.15, -0.1) is 0 Å². The van der Waals surface area contributed by atoms with Crippen LogP contribution >= 0.6 is 12.2 Å². The van der Waals surface area contributed by atoms with E-state index < -0.39 is 0 Å². The quantitative estimate of drug-likeness (QED) is 0.753. The van der Waals surface area contributed by atoms with E-state index in [2.05, 4.69) is 34.1 Å². The van der Waals surface area contributed by atoms with Gasteiger partial charge in [-0.3, -0.25) is 9.80 Å². The molecular formula is C15H23N3OS. The molecule has 1 fully saturated rings. The minimum atomic E-state index is 0.251. The Morgan fingerprint density at radius 1 is 1.15 bits per heavy atom. The van der Waals surface area contributed by atoms with Crippen LogP contribution in [0.2, 0.25) is 0 Å². The summed E-state index contributed by atoms with van der Waals surface area (Å²) >= 11 is 4.96. The van der Waals surface area contributed by atoms with Crippen molar-refractivity contribution in [1.82, 2.24) is 9.80 Å². The lowest BCUT2D eigenvalue weighted by molar-refractivity contribution is 0.108. The summed E-state index contributed by atoms with van der Waals surface area (Å²) < 4.78 is 0. The van der Waals surface area contributed by atoms with Gasteiger partial charge in [-0.05, 0) is 11.1 Å². The second-order valence-electron chi connectivity index (χ2n) is 5.30. The molecule has 4 nitrogen and oxygen atoms in total. The van der Waals surface area contributed by atoms with Crippen LogP contribution in [0.15, 0.2) is 24.3 Å². The highest BCUT2D eigenvalue weighted by Gasteiger charge is 2.16. The molecule has 20 heavy (non-hydrogen) atoms. The van der Waals surface area contributed by atoms with Crippen LogP contribution < -0.4 is 5.73 Å². The Labute approximate surface area is 126 Å². The van der Waals surface area contributed by atoms with Crippen LogP contribution in [0.3, 0.4) is 0 Å². The standard InChI is InChI=1S/C15H23N3OS/c16-15(20)11-13-2-1-3-14(10-13)12-18-6-4-17(5-7-18)8-9-19/h1-3,10,19H,4-9,11-12H2,(H2,16,20). The van der Waals surface area contributed by atoms with Gasteiger partial charge in [0.15, 0.2) is 0 Å². The largest absolute Gasteiger partial charge is 0.395 e. The summed E-state index contributed by atoms with van der Waals surface area (Å²) in [7, 11) is 0. The number of piperazine rings is 1. The molecule has 5 heteroatoms. The third kappa shape index (κ3) is 4.83. The number of nitrogens with zero attached hydrogens (tertiary/aromatic N) is 2. The van der Waals surface area contributed by atoms with Crippen LogP contribution in [-0.4, -0.2) is 59.2 Å². The number of aliphatic hydroxyl groups is 1. The number of nitrogens with two attached hydrogens (primary N) is 1. The molecule has 1 aliphatic heterocycles. The summed E-state index contributed by atoms with van der Waals surface area (Å²) in [4.78, 5) is 5.30. The highest BCUT2D eigenvalue weighted by atomic mass is 32.1. The van der Waals surface area contributed by atoms with E-state index >= 15 is 0 Å². The summed E-state index contributed by atoms with van der Waals surface area (Å²) in [6.45, 7) is 6.19. The minimum Gasteiger partial charge on any atom is -0.395 e. The van der Waals surface area contributed by atoms with Gasteiger partial charge in [-0.1, -0.05) is 36.5 Å². The van der Waals surface area contributed by atoms with E-state index in [1.54, 1.807) is 0 Å². The first-order chi connectivity index (χ1) is 9.67. The summed E-state index contributed by atoms with van der Waals surface area (Å²) in [5.74, 6) is 0. The molecule has 0 bridgehead atoms. The summed E-state index contributed by atoms with van der Waals surface area (Å²) in [5.41, 5.74) is 8.10. The molecule has 0 radical (unpaired) electrons. The van der Waals surface area contributed by atoms with Gasteiger partial charge in [0.2, 0.25) is 0 Å². The van der Waals surface area contributed by atoms with Crippen molar-refractivity contribution in [1.29, 1.82) is 0 Å². The molecule has 0 saturated carbocycles. The van der Waals surface area contributed by atoms with E-state index in [9.17, 15) is 0 Å². The molecule has 0 unspecified atom stereocenters. The number of rotatable bonds is 6. The van der Waals surface area contributed by atoms with Crippen LogP contribution in [0.5, 0.6) is 0 Å². The molecule has 110 valence electrons. The monoisotopic (exact) mass is 293 g/mol. The molecule has 2 rings (SSSR count). The number of hydrogen-bond donors (Lipinski definition) is 2. The predicted octanol–water partition coefficient (Wildman–Crippen LogP) is 0.625. The molecule has 0 atom stereocenters. The maximum atomic E-state index is 8.95. The molecule has 1 aliphatic rings. The van der Waals surface area contributed by atoms with Gasteiger partial charge in [0.25, 0.3) is 0 Å². The molecule has 0 amide bonds. The first kappa shape index (κ1) is 15.4. The molecule has 1 saturated heterocycles. The van der Waals surface area contributed by atoms with E-state index in [-0.39, 0.29) is 6.61 Å². The van der Waals surface area contributed by atoms with Gasteiger partial charge in [0, 0.05) is 45.7 Å². The van der Waals surface area contributed by atoms with Crippen molar-refractivity contribution < 1.29 is 5.11 Å². The van der Waals surface area contributed by atoms with Gasteiger partial charge in [0.05, 0.1) is 11.6 Å². The zero-order chi connectivity index (χ0) is 14.4. The van der Waals surface area contributed by atoms with Crippen molar-refractivity contribution in [2.75, 3.05) is 39.3 Å². The Kier molecular flexibility index (Phi) is 5.91. The molecule has 0 spiro atoms. The highest BCUT2D eigenvalue weighted by molar-refractivity contribution is 7.80. The van der Waals surface area contributed by atoms with Crippen molar-refractivity contribution in [2.24, 2.45) is 5.73 Å². The van der Waals surface area contributed by atoms with Crippen molar-refractivity contribution in [3.63, 3.8) is 0 Å². The molecular weight excluding hydrogens is 270 g/mol. The topological polar surface area (TPSA) is 52.7 Å². The van der Waals surface area contributed by atoms with E-state index in [1.807, 2.05) is 0 Å². The van der Waals surface area contributed by atoms with Crippen molar-refractivity contribution in [2.45, 2.75) is 13.0 Å².